The molecule has 1 rings (SSSR count). The molecule has 0 aromatic carbocycles. The Bertz CT molecular complexity index is 455. The lowest BCUT2D eigenvalue weighted by Gasteiger charge is -1.90. The number of carbonyl (C=O) groups is 2. The Hall–Kier alpha value is -1.87. The quantitative estimate of drug-likeness (QED) is 0.565. The zero-order valence-electron chi connectivity index (χ0n) is 8.77. The van der Waals surface area contributed by atoms with Gasteiger partial charge in [-0.3, -0.25) is 0 Å². The van der Waals surface area contributed by atoms with Crippen molar-refractivity contribution in [2.75, 3.05) is 13.7 Å². The monoisotopic (exact) mass is 239 g/mol. The molecule has 1 heterocycles. The van der Waals surface area contributed by atoms with Crippen molar-refractivity contribution in [3.05, 3.63) is 16.1 Å². The molecule has 5 nitrogen and oxygen atoms in total. The van der Waals surface area contributed by atoms with Crippen LogP contribution in [0.5, 0.6) is 0 Å². The second-order valence-electron chi connectivity index (χ2n) is 2.50. The van der Waals surface area contributed by atoms with Gasteiger partial charge in [0.2, 0.25) is 0 Å². The van der Waals surface area contributed by atoms with Crippen LogP contribution >= 0.6 is 11.3 Å². The van der Waals surface area contributed by atoms with Crippen LogP contribution in [0, 0.1) is 11.8 Å². The third-order valence-electron chi connectivity index (χ3n) is 1.45. The van der Waals surface area contributed by atoms with Gasteiger partial charge in [0.25, 0.3) is 0 Å². The van der Waals surface area contributed by atoms with Gasteiger partial charge in [0.15, 0.2) is 10.7 Å². The fourth-order valence-electron chi connectivity index (χ4n) is 0.801. The Labute approximate surface area is 96.4 Å². The Balaban J connectivity index is 2.72. The molecule has 0 saturated carbocycles. The van der Waals surface area contributed by atoms with Gasteiger partial charge in [0.05, 0.1) is 13.7 Å². The SMILES string of the molecule is CCOC(=O)C#Cc1nc(C(=O)OC)cs1. The smallest absolute Gasteiger partial charge is 0.384 e. The van der Waals surface area contributed by atoms with Crippen LogP contribution in [0.1, 0.15) is 22.4 Å². The first-order chi connectivity index (χ1) is 7.67. The van der Waals surface area contributed by atoms with Crippen LogP contribution in [0.15, 0.2) is 5.38 Å². The average molecular weight is 239 g/mol. The van der Waals surface area contributed by atoms with E-state index in [1.165, 1.54) is 12.5 Å². The van der Waals surface area contributed by atoms with Crippen molar-refractivity contribution in [3.8, 4) is 11.8 Å². The molecule has 84 valence electrons. The molecule has 0 atom stereocenters. The summed E-state index contributed by atoms with van der Waals surface area (Å²) >= 11 is 1.16. The van der Waals surface area contributed by atoms with Gasteiger partial charge in [-0.1, -0.05) is 0 Å². The molecule has 0 unspecified atom stereocenters. The molecule has 0 radical (unpaired) electrons. The lowest BCUT2D eigenvalue weighted by molar-refractivity contribution is -0.136. The molecular weight excluding hydrogens is 230 g/mol. The predicted octanol–water partition coefficient (Wildman–Crippen LogP) is 0.844. The van der Waals surface area contributed by atoms with Crippen LogP contribution in [0.3, 0.4) is 0 Å². The first-order valence-corrected chi connectivity index (χ1v) is 5.28. The number of esters is 2. The molecule has 1 aromatic rings. The lowest BCUT2D eigenvalue weighted by Crippen LogP contribution is -2.01. The van der Waals surface area contributed by atoms with Gasteiger partial charge in [-0.15, -0.1) is 11.3 Å². The molecule has 0 spiro atoms. The van der Waals surface area contributed by atoms with Crippen molar-refractivity contribution < 1.29 is 19.1 Å². The topological polar surface area (TPSA) is 65.5 Å². The highest BCUT2D eigenvalue weighted by Crippen LogP contribution is 2.08. The summed E-state index contributed by atoms with van der Waals surface area (Å²) in [4.78, 5) is 25.8. The highest BCUT2D eigenvalue weighted by atomic mass is 32.1. The molecule has 0 aliphatic carbocycles. The number of rotatable bonds is 2. The van der Waals surface area contributed by atoms with Crippen molar-refractivity contribution in [1.29, 1.82) is 0 Å². The van der Waals surface area contributed by atoms with Crippen LogP contribution in [0.25, 0.3) is 0 Å². The summed E-state index contributed by atoms with van der Waals surface area (Å²) in [5.41, 5.74) is 0.181. The van der Waals surface area contributed by atoms with E-state index in [-0.39, 0.29) is 12.3 Å². The van der Waals surface area contributed by atoms with Crippen LogP contribution < -0.4 is 0 Å². The van der Waals surface area contributed by atoms with Crippen molar-refractivity contribution in [3.63, 3.8) is 0 Å². The summed E-state index contributed by atoms with van der Waals surface area (Å²) in [6.07, 6.45) is 0. The number of aromatic nitrogens is 1. The standard InChI is InChI=1S/C10H9NO4S/c1-3-15-9(12)5-4-8-11-7(6-16-8)10(13)14-2/h6H,3H2,1-2H3. The van der Waals surface area contributed by atoms with E-state index >= 15 is 0 Å². The molecule has 0 aliphatic heterocycles. The number of hydrogen-bond donors (Lipinski definition) is 0. The number of thiazole rings is 1. The summed E-state index contributed by atoms with van der Waals surface area (Å²) in [5.74, 6) is 3.62. The Morgan fingerprint density at radius 3 is 2.94 bits per heavy atom. The number of ether oxygens (including phenoxy) is 2. The van der Waals surface area contributed by atoms with Gasteiger partial charge in [-0.2, -0.15) is 0 Å². The first-order valence-electron chi connectivity index (χ1n) is 4.40. The number of hydrogen-bond acceptors (Lipinski definition) is 6. The van der Waals surface area contributed by atoms with Gasteiger partial charge in [0, 0.05) is 11.3 Å². The number of nitrogens with zero attached hydrogens (tertiary/aromatic N) is 1. The zero-order chi connectivity index (χ0) is 12.0. The van der Waals surface area contributed by atoms with Gasteiger partial charge < -0.3 is 9.47 Å². The minimum absolute atomic E-state index is 0.181. The maximum atomic E-state index is 11.0. The summed E-state index contributed by atoms with van der Waals surface area (Å²) < 4.78 is 9.09. The molecular formula is C10H9NO4S. The van der Waals surface area contributed by atoms with Gasteiger partial charge in [-0.25, -0.2) is 14.6 Å². The molecule has 1 aromatic heterocycles. The number of carbonyl (C=O) groups excluding carboxylic acids is 2. The summed E-state index contributed by atoms with van der Waals surface area (Å²) in [5, 5.41) is 1.88. The van der Waals surface area contributed by atoms with Crippen LogP contribution in [-0.2, 0) is 14.3 Å². The minimum atomic E-state index is -0.614. The normalized spacial score (nSPS) is 8.88. The maximum Gasteiger partial charge on any atom is 0.384 e. The highest BCUT2D eigenvalue weighted by molar-refractivity contribution is 7.10. The van der Waals surface area contributed by atoms with Crippen LogP contribution in [-0.4, -0.2) is 30.6 Å². The number of methoxy groups -OCH3 is 1. The first kappa shape index (κ1) is 12.2. The third kappa shape index (κ3) is 3.37. The largest absolute Gasteiger partial charge is 0.464 e. The Morgan fingerprint density at radius 2 is 2.31 bits per heavy atom. The van der Waals surface area contributed by atoms with Crippen molar-refractivity contribution in [2.24, 2.45) is 0 Å². The average Bonchev–Trinajstić information content (AvgIpc) is 2.74. The molecule has 0 aliphatic rings. The van der Waals surface area contributed by atoms with E-state index in [1.54, 1.807) is 6.92 Å². The molecule has 0 amide bonds. The van der Waals surface area contributed by atoms with Gasteiger partial charge >= 0.3 is 11.9 Å². The Morgan fingerprint density at radius 1 is 1.56 bits per heavy atom. The molecule has 0 N–H and O–H groups in total. The van der Waals surface area contributed by atoms with Crippen molar-refractivity contribution >= 4 is 23.3 Å². The van der Waals surface area contributed by atoms with Crippen LogP contribution in [0.4, 0.5) is 0 Å². The predicted molar refractivity (Wildman–Crippen MR) is 57.0 cm³/mol. The molecule has 0 bridgehead atoms. The summed E-state index contributed by atoms with van der Waals surface area (Å²) in [6.45, 7) is 1.97. The van der Waals surface area contributed by atoms with E-state index in [0.717, 1.165) is 11.3 Å². The van der Waals surface area contributed by atoms with E-state index in [4.69, 9.17) is 0 Å². The zero-order valence-corrected chi connectivity index (χ0v) is 9.59. The second kappa shape index (κ2) is 5.88. The molecule has 6 heteroatoms. The minimum Gasteiger partial charge on any atom is -0.464 e. The van der Waals surface area contributed by atoms with E-state index in [1.807, 2.05) is 0 Å². The highest BCUT2D eigenvalue weighted by Gasteiger charge is 2.09. The van der Waals surface area contributed by atoms with Crippen LogP contribution in [0.2, 0.25) is 0 Å². The van der Waals surface area contributed by atoms with Gasteiger partial charge in [-0.05, 0) is 12.8 Å². The maximum absolute atomic E-state index is 11.0. The van der Waals surface area contributed by atoms with E-state index in [0.29, 0.717) is 5.01 Å². The summed E-state index contributed by atoms with van der Waals surface area (Å²) in [6, 6.07) is 0. The molecule has 16 heavy (non-hydrogen) atoms. The lowest BCUT2D eigenvalue weighted by atomic mass is 10.5. The fraction of sp³-hybridized carbons (Fsp3) is 0.300. The van der Waals surface area contributed by atoms with E-state index < -0.39 is 11.9 Å². The molecule has 0 fully saturated rings. The van der Waals surface area contributed by atoms with E-state index in [9.17, 15) is 9.59 Å². The van der Waals surface area contributed by atoms with Crippen molar-refractivity contribution in [1.82, 2.24) is 4.98 Å². The molecule has 0 saturated heterocycles. The summed E-state index contributed by atoms with van der Waals surface area (Å²) in [7, 11) is 1.27. The van der Waals surface area contributed by atoms with Crippen molar-refractivity contribution in [2.45, 2.75) is 6.92 Å². The third-order valence-corrected chi connectivity index (χ3v) is 2.20. The second-order valence-corrected chi connectivity index (χ2v) is 3.36. The van der Waals surface area contributed by atoms with E-state index in [2.05, 4.69) is 26.3 Å². The van der Waals surface area contributed by atoms with Gasteiger partial charge in [0.1, 0.15) is 0 Å². The Kier molecular flexibility index (Phi) is 4.48. The fourth-order valence-corrected chi connectivity index (χ4v) is 1.43.